The molecule has 9 heteroatoms. The predicted octanol–water partition coefficient (Wildman–Crippen LogP) is 2.18. The third-order valence-corrected chi connectivity index (χ3v) is 6.48. The topological polar surface area (TPSA) is 80.0 Å². The van der Waals surface area contributed by atoms with E-state index in [0.717, 1.165) is 69.3 Å². The second-order valence-corrected chi connectivity index (χ2v) is 10.4. The maximum Gasteiger partial charge on any atom is 0.238 e. The van der Waals surface area contributed by atoms with Crippen molar-refractivity contribution in [2.75, 3.05) is 43.4 Å². The Hall–Kier alpha value is -1.87. The van der Waals surface area contributed by atoms with Gasteiger partial charge < -0.3 is 4.90 Å². The van der Waals surface area contributed by atoms with Crippen molar-refractivity contribution in [1.29, 1.82) is 0 Å². The van der Waals surface area contributed by atoms with Crippen molar-refractivity contribution in [3.05, 3.63) is 23.9 Å². The molecule has 0 amide bonds. The first-order chi connectivity index (χ1) is 14.3. The van der Waals surface area contributed by atoms with Gasteiger partial charge >= 0.3 is 0 Å². The standard InChI is InChI=1S/C21H35N7OS/c1-6-8-17-15-18(24-19(23-17)21(2,3)4)28-12-10-27(11-13-28)9-7-14-30(29)20-22-16-26(5)25-20/h15-16H,6-14H2,1-5H3/t30-/m1/s1. The van der Waals surface area contributed by atoms with Crippen molar-refractivity contribution >= 4 is 16.6 Å². The molecule has 0 spiro atoms. The minimum Gasteiger partial charge on any atom is -0.354 e. The highest BCUT2D eigenvalue weighted by Gasteiger charge is 2.23. The molecule has 3 heterocycles. The van der Waals surface area contributed by atoms with E-state index in [-0.39, 0.29) is 5.41 Å². The highest BCUT2D eigenvalue weighted by Crippen LogP contribution is 2.23. The molecule has 0 radical (unpaired) electrons. The molecule has 1 aliphatic heterocycles. The van der Waals surface area contributed by atoms with Crippen molar-refractivity contribution < 1.29 is 4.21 Å². The van der Waals surface area contributed by atoms with Gasteiger partial charge in [-0.2, -0.15) is 0 Å². The first-order valence-corrected chi connectivity index (χ1v) is 12.2. The number of anilines is 1. The Bertz CT molecular complexity index is 853. The summed E-state index contributed by atoms with van der Waals surface area (Å²) in [5.74, 6) is 2.59. The van der Waals surface area contributed by atoms with E-state index in [4.69, 9.17) is 9.97 Å². The van der Waals surface area contributed by atoms with E-state index in [2.05, 4.69) is 53.6 Å². The zero-order valence-electron chi connectivity index (χ0n) is 19.0. The molecule has 1 atom stereocenters. The van der Waals surface area contributed by atoms with Gasteiger partial charge in [0.25, 0.3) is 0 Å². The van der Waals surface area contributed by atoms with Crippen LogP contribution in [-0.4, -0.2) is 72.3 Å². The molecule has 0 saturated carbocycles. The smallest absolute Gasteiger partial charge is 0.238 e. The van der Waals surface area contributed by atoms with E-state index in [1.807, 2.05) is 0 Å². The van der Waals surface area contributed by atoms with Gasteiger partial charge in [-0.3, -0.25) is 13.8 Å². The summed E-state index contributed by atoms with van der Waals surface area (Å²) in [7, 11) is 0.675. The molecule has 0 aliphatic carbocycles. The summed E-state index contributed by atoms with van der Waals surface area (Å²) in [6.07, 6.45) is 4.55. The third-order valence-electron chi connectivity index (χ3n) is 5.23. The molecule has 30 heavy (non-hydrogen) atoms. The lowest BCUT2D eigenvalue weighted by Gasteiger charge is -2.36. The Kier molecular flexibility index (Phi) is 7.57. The van der Waals surface area contributed by atoms with Crippen molar-refractivity contribution in [3.8, 4) is 0 Å². The van der Waals surface area contributed by atoms with E-state index in [9.17, 15) is 4.21 Å². The monoisotopic (exact) mass is 433 g/mol. The number of hydrogen-bond acceptors (Lipinski definition) is 7. The Labute approximate surface area is 182 Å². The van der Waals surface area contributed by atoms with Crippen molar-refractivity contribution in [2.45, 2.75) is 57.5 Å². The van der Waals surface area contributed by atoms with Crippen LogP contribution in [0.3, 0.4) is 0 Å². The van der Waals surface area contributed by atoms with Crippen LogP contribution in [0.4, 0.5) is 5.82 Å². The molecule has 1 saturated heterocycles. The van der Waals surface area contributed by atoms with Gasteiger partial charge in [-0.15, -0.1) is 5.10 Å². The molecule has 2 aromatic heterocycles. The molecular formula is C21H35N7OS. The zero-order valence-corrected chi connectivity index (χ0v) is 19.8. The molecule has 166 valence electrons. The van der Waals surface area contributed by atoms with Crippen LogP contribution in [0.15, 0.2) is 17.6 Å². The average Bonchev–Trinajstić information content (AvgIpc) is 3.14. The number of aromatic nitrogens is 5. The maximum atomic E-state index is 12.3. The van der Waals surface area contributed by atoms with Crippen LogP contribution in [0.25, 0.3) is 0 Å². The predicted molar refractivity (Wildman–Crippen MR) is 120 cm³/mol. The van der Waals surface area contributed by atoms with Gasteiger partial charge in [0, 0.05) is 56.2 Å². The highest BCUT2D eigenvalue weighted by molar-refractivity contribution is 7.84. The highest BCUT2D eigenvalue weighted by atomic mass is 32.2. The molecule has 0 bridgehead atoms. The normalized spacial score (nSPS) is 16.8. The maximum absolute atomic E-state index is 12.3. The first kappa shape index (κ1) is 22.8. The van der Waals surface area contributed by atoms with Crippen LogP contribution in [0.5, 0.6) is 0 Å². The second-order valence-electron chi connectivity index (χ2n) is 8.97. The first-order valence-electron chi connectivity index (χ1n) is 10.9. The fourth-order valence-electron chi connectivity index (χ4n) is 3.50. The molecule has 0 N–H and O–H groups in total. The van der Waals surface area contributed by atoms with Crippen molar-refractivity contribution in [1.82, 2.24) is 29.6 Å². The molecule has 8 nitrogen and oxygen atoms in total. The van der Waals surface area contributed by atoms with Crippen LogP contribution in [0.1, 0.15) is 52.1 Å². The second kappa shape index (κ2) is 9.96. The van der Waals surface area contributed by atoms with Crippen LogP contribution in [0, 0.1) is 0 Å². The summed E-state index contributed by atoms with van der Waals surface area (Å²) in [6.45, 7) is 13.5. The minimum absolute atomic E-state index is 0.0571. The molecule has 1 fully saturated rings. The molecule has 2 aromatic rings. The lowest BCUT2D eigenvalue weighted by Crippen LogP contribution is -2.47. The number of rotatable bonds is 8. The minimum atomic E-state index is -1.12. The van der Waals surface area contributed by atoms with Crippen LogP contribution >= 0.6 is 0 Å². The number of nitrogens with zero attached hydrogens (tertiary/aromatic N) is 7. The van der Waals surface area contributed by atoms with Crippen LogP contribution in [0.2, 0.25) is 0 Å². The van der Waals surface area contributed by atoms with Crippen LogP contribution in [-0.2, 0) is 29.7 Å². The van der Waals surface area contributed by atoms with Crippen molar-refractivity contribution in [2.24, 2.45) is 7.05 Å². The Morgan fingerprint density at radius 3 is 2.47 bits per heavy atom. The zero-order chi connectivity index (χ0) is 21.7. The Morgan fingerprint density at radius 1 is 1.13 bits per heavy atom. The van der Waals surface area contributed by atoms with E-state index in [0.29, 0.717) is 10.9 Å². The molecule has 1 aliphatic rings. The van der Waals surface area contributed by atoms with Gasteiger partial charge in [0.05, 0.1) is 10.8 Å². The number of piperazine rings is 1. The van der Waals surface area contributed by atoms with E-state index >= 15 is 0 Å². The van der Waals surface area contributed by atoms with E-state index in [1.54, 1.807) is 18.1 Å². The fraction of sp³-hybridized carbons (Fsp3) is 0.714. The van der Waals surface area contributed by atoms with Crippen molar-refractivity contribution in [3.63, 3.8) is 0 Å². The summed E-state index contributed by atoms with van der Waals surface area (Å²) in [6, 6.07) is 2.16. The lowest BCUT2D eigenvalue weighted by atomic mass is 9.95. The van der Waals surface area contributed by atoms with Gasteiger partial charge in [-0.05, 0) is 19.4 Å². The molecular weight excluding hydrogens is 398 g/mol. The van der Waals surface area contributed by atoms with E-state index in [1.165, 1.54) is 0 Å². The lowest BCUT2D eigenvalue weighted by molar-refractivity contribution is 0.258. The third kappa shape index (κ3) is 6.07. The van der Waals surface area contributed by atoms with Gasteiger partial charge in [-0.25, -0.2) is 15.0 Å². The van der Waals surface area contributed by atoms with Crippen LogP contribution < -0.4 is 4.90 Å². The van der Waals surface area contributed by atoms with Gasteiger partial charge in [0.2, 0.25) is 5.16 Å². The molecule has 0 unspecified atom stereocenters. The summed E-state index contributed by atoms with van der Waals surface area (Å²) >= 11 is 0. The summed E-state index contributed by atoms with van der Waals surface area (Å²) in [5, 5.41) is 4.57. The number of hydrogen-bond donors (Lipinski definition) is 0. The SMILES string of the molecule is CCCc1cc(N2CCN(CCC[S@@](=O)c3ncn(C)n3)CC2)nc(C(C)(C)C)n1. The Morgan fingerprint density at radius 2 is 1.87 bits per heavy atom. The largest absolute Gasteiger partial charge is 0.354 e. The molecule has 3 rings (SSSR count). The summed E-state index contributed by atoms with van der Waals surface area (Å²) < 4.78 is 13.9. The van der Waals surface area contributed by atoms with Gasteiger partial charge in [0.15, 0.2) is 0 Å². The summed E-state index contributed by atoms with van der Waals surface area (Å²) in [5.41, 5.74) is 1.08. The Balaban J connectivity index is 1.52. The average molecular weight is 434 g/mol. The van der Waals surface area contributed by atoms with Gasteiger partial charge in [0.1, 0.15) is 18.0 Å². The molecule has 0 aromatic carbocycles. The fourth-order valence-corrected chi connectivity index (χ4v) is 4.46. The van der Waals surface area contributed by atoms with E-state index < -0.39 is 10.8 Å². The summed E-state index contributed by atoms with van der Waals surface area (Å²) in [4.78, 5) is 18.6. The quantitative estimate of drug-likeness (QED) is 0.631. The van der Waals surface area contributed by atoms with Gasteiger partial charge in [-0.1, -0.05) is 34.1 Å². The number of aryl methyl sites for hydroxylation is 2.